The Morgan fingerprint density at radius 3 is 2.62 bits per heavy atom. The van der Waals surface area contributed by atoms with E-state index < -0.39 is 0 Å². The Labute approximate surface area is 174 Å². The number of nitrogens with one attached hydrogen (secondary N) is 1. The molecule has 0 aliphatic rings. The van der Waals surface area contributed by atoms with Gasteiger partial charge in [0.2, 0.25) is 0 Å². The molecule has 0 atom stereocenters. The van der Waals surface area contributed by atoms with Gasteiger partial charge in [-0.3, -0.25) is 0 Å². The summed E-state index contributed by atoms with van der Waals surface area (Å²) >= 11 is 15.7. The summed E-state index contributed by atoms with van der Waals surface area (Å²) in [6.07, 6.45) is 1.25. The van der Waals surface area contributed by atoms with Crippen molar-refractivity contribution in [2.24, 2.45) is 0 Å². The normalized spacial score (nSPS) is 11.2. The van der Waals surface area contributed by atoms with Crippen molar-refractivity contribution in [1.29, 1.82) is 0 Å². The Hall–Kier alpha value is -0.780. The van der Waals surface area contributed by atoms with E-state index in [1.165, 1.54) is 0 Å². The van der Waals surface area contributed by atoms with E-state index in [1.807, 2.05) is 38.1 Å². The lowest BCUT2D eigenvalue weighted by Gasteiger charge is -2.14. The number of ether oxygens (including phenoxy) is 2. The summed E-state index contributed by atoms with van der Waals surface area (Å²) in [4.78, 5) is 0. The summed E-state index contributed by atoms with van der Waals surface area (Å²) in [5, 5.41) is 4.67. The molecule has 0 aliphatic carbocycles. The van der Waals surface area contributed by atoms with Crippen LogP contribution in [-0.2, 0) is 17.9 Å². The van der Waals surface area contributed by atoms with Crippen LogP contribution < -0.4 is 10.1 Å². The first-order valence-electron chi connectivity index (χ1n) is 8.63. The van der Waals surface area contributed by atoms with Crippen LogP contribution in [0.5, 0.6) is 5.75 Å². The average molecular weight is 461 g/mol. The summed E-state index contributed by atoms with van der Waals surface area (Å²) < 4.78 is 12.6. The highest BCUT2D eigenvalue weighted by atomic mass is 79.9. The first-order valence-corrected chi connectivity index (χ1v) is 10.2. The standard InChI is InChI=1S/C20H24BrCl2NO2/c1-14(2)25-9-3-8-24-12-16-10-17(21)5-7-20(16)26-13-15-4-6-18(22)11-19(15)23/h4-7,10-11,14,24H,3,8-9,12-13H2,1-2H3. The lowest BCUT2D eigenvalue weighted by Crippen LogP contribution is -2.18. The molecule has 0 bridgehead atoms. The van der Waals surface area contributed by atoms with Crippen molar-refractivity contribution in [2.75, 3.05) is 13.2 Å². The van der Waals surface area contributed by atoms with Gasteiger partial charge < -0.3 is 14.8 Å². The molecule has 26 heavy (non-hydrogen) atoms. The van der Waals surface area contributed by atoms with Gasteiger partial charge in [-0.05, 0) is 57.1 Å². The van der Waals surface area contributed by atoms with Crippen LogP contribution in [0.15, 0.2) is 40.9 Å². The number of hydrogen-bond acceptors (Lipinski definition) is 3. The Morgan fingerprint density at radius 1 is 1.08 bits per heavy atom. The van der Waals surface area contributed by atoms with Gasteiger partial charge in [0.05, 0.1) is 6.10 Å². The molecule has 2 rings (SSSR count). The minimum atomic E-state index is 0.278. The largest absolute Gasteiger partial charge is 0.489 e. The van der Waals surface area contributed by atoms with Gasteiger partial charge in [-0.1, -0.05) is 45.2 Å². The Balaban J connectivity index is 1.90. The van der Waals surface area contributed by atoms with Gasteiger partial charge in [-0.15, -0.1) is 0 Å². The lowest BCUT2D eigenvalue weighted by molar-refractivity contribution is 0.0770. The molecule has 2 aromatic rings. The molecule has 142 valence electrons. The molecule has 0 saturated carbocycles. The predicted octanol–water partition coefficient (Wildman–Crippen LogP) is 6.24. The summed E-state index contributed by atoms with van der Waals surface area (Å²) in [6.45, 7) is 6.87. The summed E-state index contributed by atoms with van der Waals surface area (Å²) in [5.74, 6) is 0.838. The molecular formula is C20H24BrCl2NO2. The molecule has 0 aliphatic heterocycles. The highest BCUT2D eigenvalue weighted by Gasteiger charge is 2.07. The monoisotopic (exact) mass is 459 g/mol. The maximum atomic E-state index is 6.22. The van der Waals surface area contributed by atoms with E-state index in [4.69, 9.17) is 32.7 Å². The molecule has 0 fully saturated rings. The SMILES string of the molecule is CC(C)OCCCNCc1cc(Br)ccc1OCc1ccc(Cl)cc1Cl. The van der Waals surface area contributed by atoms with Gasteiger partial charge >= 0.3 is 0 Å². The minimum absolute atomic E-state index is 0.278. The third-order valence-corrected chi connectivity index (χ3v) is 4.77. The molecule has 0 unspecified atom stereocenters. The molecule has 1 N–H and O–H groups in total. The number of hydrogen-bond donors (Lipinski definition) is 1. The lowest BCUT2D eigenvalue weighted by atomic mass is 10.2. The molecule has 2 aromatic carbocycles. The van der Waals surface area contributed by atoms with E-state index in [-0.39, 0.29) is 6.10 Å². The van der Waals surface area contributed by atoms with Crippen molar-refractivity contribution in [3.63, 3.8) is 0 Å². The zero-order valence-electron chi connectivity index (χ0n) is 15.0. The molecule has 0 aromatic heterocycles. The zero-order chi connectivity index (χ0) is 18.9. The topological polar surface area (TPSA) is 30.5 Å². The van der Waals surface area contributed by atoms with Crippen molar-refractivity contribution >= 4 is 39.1 Å². The van der Waals surface area contributed by atoms with E-state index >= 15 is 0 Å². The molecule has 0 radical (unpaired) electrons. The van der Waals surface area contributed by atoms with Gasteiger partial charge in [0.25, 0.3) is 0 Å². The Bertz CT molecular complexity index is 710. The maximum absolute atomic E-state index is 6.22. The molecule has 3 nitrogen and oxygen atoms in total. The quantitative estimate of drug-likeness (QED) is 0.425. The first-order chi connectivity index (χ1) is 12.5. The number of rotatable bonds is 10. The molecule has 6 heteroatoms. The van der Waals surface area contributed by atoms with Crippen molar-refractivity contribution in [3.8, 4) is 5.75 Å². The van der Waals surface area contributed by atoms with E-state index in [0.717, 1.165) is 47.5 Å². The van der Waals surface area contributed by atoms with Gasteiger partial charge in [-0.2, -0.15) is 0 Å². The van der Waals surface area contributed by atoms with Crippen LogP contribution in [0, 0.1) is 0 Å². The van der Waals surface area contributed by atoms with Gasteiger partial charge in [-0.25, -0.2) is 0 Å². The predicted molar refractivity (Wildman–Crippen MR) is 112 cm³/mol. The van der Waals surface area contributed by atoms with E-state index in [2.05, 4.69) is 27.3 Å². The first kappa shape index (κ1) is 21.5. The van der Waals surface area contributed by atoms with Crippen LogP contribution in [0.1, 0.15) is 31.4 Å². The third kappa shape index (κ3) is 7.45. The second kappa shape index (κ2) is 11.2. The summed E-state index contributed by atoms with van der Waals surface area (Å²) in [6, 6.07) is 11.4. The second-order valence-electron chi connectivity index (χ2n) is 6.23. The van der Waals surface area contributed by atoms with Crippen molar-refractivity contribution in [2.45, 2.75) is 39.5 Å². The van der Waals surface area contributed by atoms with Crippen LogP contribution in [0.2, 0.25) is 10.0 Å². The van der Waals surface area contributed by atoms with Crippen molar-refractivity contribution in [1.82, 2.24) is 5.32 Å². The van der Waals surface area contributed by atoms with Crippen LogP contribution in [0.25, 0.3) is 0 Å². The fourth-order valence-electron chi connectivity index (χ4n) is 2.36. The molecule has 0 saturated heterocycles. The third-order valence-electron chi connectivity index (χ3n) is 3.69. The fraction of sp³-hybridized carbons (Fsp3) is 0.400. The van der Waals surface area contributed by atoms with Gasteiger partial charge in [0.15, 0.2) is 0 Å². The van der Waals surface area contributed by atoms with Crippen LogP contribution >= 0.6 is 39.1 Å². The van der Waals surface area contributed by atoms with Gasteiger partial charge in [0, 0.05) is 38.8 Å². The zero-order valence-corrected chi connectivity index (χ0v) is 18.1. The number of benzene rings is 2. The maximum Gasteiger partial charge on any atom is 0.124 e. The van der Waals surface area contributed by atoms with Crippen LogP contribution in [0.4, 0.5) is 0 Å². The fourth-order valence-corrected chi connectivity index (χ4v) is 3.23. The number of halogens is 3. The Morgan fingerprint density at radius 2 is 1.88 bits per heavy atom. The molecule has 0 spiro atoms. The smallest absolute Gasteiger partial charge is 0.124 e. The van der Waals surface area contributed by atoms with E-state index in [0.29, 0.717) is 16.7 Å². The second-order valence-corrected chi connectivity index (χ2v) is 7.99. The highest BCUT2D eigenvalue weighted by molar-refractivity contribution is 9.10. The summed E-state index contributed by atoms with van der Waals surface area (Å²) in [5.41, 5.74) is 2.00. The Kier molecular flexibility index (Phi) is 9.23. The van der Waals surface area contributed by atoms with E-state index in [9.17, 15) is 0 Å². The van der Waals surface area contributed by atoms with E-state index in [1.54, 1.807) is 6.07 Å². The van der Waals surface area contributed by atoms with Crippen LogP contribution in [-0.4, -0.2) is 19.3 Å². The van der Waals surface area contributed by atoms with Gasteiger partial charge in [0.1, 0.15) is 12.4 Å². The average Bonchev–Trinajstić information content (AvgIpc) is 2.58. The minimum Gasteiger partial charge on any atom is -0.489 e. The van der Waals surface area contributed by atoms with Crippen molar-refractivity contribution in [3.05, 3.63) is 62.0 Å². The van der Waals surface area contributed by atoms with Crippen molar-refractivity contribution < 1.29 is 9.47 Å². The molecule has 0 amide bonds. The van der Waals surface area contributed by atoms with Crippen LogP contribution in [0.3, 0.4) is 0 Å². The summed E-state index contributed by atoms with van der Waals surface area (Å²) in [7, 11) is 0. The molecular weight excluding hydrogens is 437 g/mol. The highest BCUT2D eigenvalue weighted by Crippen LogP contribution is 2.26. The molecule has 0 heterocycles.